The summed E-state index contributed by atoms with van der Waals surface area (Å²) in [6.45, 7) is 12.6. The first-order valence-electron chi connectivity index (χ1n) is 17.3. The number of benzene rings is 5. The van der Waals surface area contributed by atoms with E-state index in [1.165, 1.54) is 61.0 Å². The first-order chi connectivity index (χ1) is 24.8. The van der Waals surface area contributed by atoms with Gasteiger partial charge in [-0.05, 0) is 81.8 Å². The summed E-state index contributed by atoms with van der Waals surface area (Å²) in [5.41, 5.74) is 13.1. The Morgan fingerprint density at radius 1 is 0.519 bits per heavy atom. The smallest absolute Gasteiger partial charge is 0.146 e. The zero-order valence-corrected chi connectivity index (χ0v) is 30.0. The topological polar surface area (TPSA) is 52.9 Å². The summed E-state index contributed by atoms with van der Waals surface area (Å²) < 4.78 is 6.49. The third kappa shape index (κ3) is 7.74. The fourth-order valence-electron chi connectivity index (χ4n) is 6.79. The van der Waals surface area contributed by atoms with Crippen LogP contribution in [0.2, 0.25) is 0 Å². The second-order valence-electron chi connectivity index (χ2n) is 12.9. The first-order valence-corrected chi connectivity index (χ1v) is 17.3. The summed E-state index contributed by atoms with van der Waals surface area (Å²) >= 11 is 0. The molecule has 9 rings (SSSR count). The number of para-hydroxylation sites is 3. The summed E-state index contributed by atoms with van der Waals surface area (Å²) in [6, 6.07) is 42.2. The standard InChI is InChI=1S/C23H18N2.2C11H12N2.3CH4/c1-15-9-3-4-10-17(15)22-16(2)25-21-14-8-7-12-19(21)18-11-5-6-13-20(18)23(25)24-22;1-9-5-3-4-6-11(9)13-8-12-7-10(13)2;1-9-5-3-4-6-11(9)13-8-7-12-10(13)2;;;/h3-14H,1-2H3;2*3-8H,1-2H3;3*1H4. The fourth-order valence-corrected chi connectivity index (χ4v) is 6.79. The Balaban J connectivity index is 0.000000192. The molecular formula is C48H54N6. The molecule has 9 aromatic rings. The van der Waals surface area contributed by atoms with Crippen molar-refractivity contribution in [2.75, 3.05) is 0 Å². The largest absolute Gasteiger partial charge is 0.304 e. The highest BCUT2D eigenvalue weighted by atomic mass is 15.1. The van der Waals surface area contributed by atoms with Crippen LogP contribution in [-0.2, 0) is 0 Å². The molecule has 0 aliphatic rings. The van der Waals surface area contributed by atoms with Crippen molar-refractivity contribution in [3.05, 3.63) is 180 Å². The average Bonchev–Trinajstić information content (AvgIpc) is 3.88. The second kappa shape index (κ2) is 17.5. The Morgan fingerprint density at radius 2 is 1.06 bits per heavy atom. The molecule has 0 amide bonds. The van der Waals surface area contributed by atoms with Gasteiger partial charge < -0.3 is 9.13 Å². The highest BCUT2D eigenvalue weighted by Gasteiger charge is 2.17. The van der Waals surface area contributed by atoms with Gasteiger partial charge in [-0.15, -0.1) is 0 Å². The monoisotopic (exact) mass is 714 g/mol. The third-order valence-corrected chi connectivity index (χ3v) is 9.51. The molecule has 4 heterocycles. The van der Waals surface area contributed by atoms with E-state index in [1.807, 2.05) is 56.1 Å². The number of imidazole rings is 3. The SMILES string of the molecule is C.C.C.Cc1ccccc1-c1nc2c3ccccc3c3ccccc3n2c1C.Cc1ccccc1-n1ccnc1C.Cc1ccccc1-n1cncc1C. The van der Waals surface area contributed by atoms with Crippen molar-refractivity contribution in [3.63, 3.8) is 0 Å². The highest BCUT2D eigenvalue weighted by molar-refractivity contribution is 6.12. The number of rotatable bonds is 3. The quantitative estimate of drug-likeness (QED) is 0.171. The van der Waals surface area contributed by atoms with Crippen LogP contribution in [0.25, 0.3) is 50.0 Å². The number of nitrogens with zero attached hydrogens (tertiary/aromatic N) is 6. The lowest BCUT2D eigenvalue weighted by Crippen LogP contribution is -1.97. The van der Waals surface area contributed by atoms with Crippen molar-refractivity contribution in [3.8, 4) is 22.6 Å². The highest BCUT2D eigenvalue weighted by Crippen LogP contribution is 2.34. The molecule has 0 bridgehead atoms. The van der Waals surface area contributed by atoms with Crippen LogP contribution in [0.3, 0.4) is 0 Å². The van der Waals surface area contributed by atoms with Crippen LogP contribution in [0.4, 0.5) is 0 Å². The van der Waals surface area contributed by atoms with Gasteiger partial charge in [-0.3, -0.25) is 4.40 Å². The zero-order valence-electron chi connectivity index (χ0n) is 30.0. The molecule has 0 aliphatic heterocycles. The minimum absolute atomic E-state index is 0. The van der Waals surface area contributed by atoms with Crippen molar-refractivity contribution >= 4 is 27.3 Å². The molecule has 0 N–H and O–H groups in total. The molecule has 0 unspecified atom stereocenters. The van der Waals surface area contributed by atoms with Crippen LogP contribution in [0.15, 0.2) is 146 Å². The maximum absolute atomic E-state index is 5.08. The van der Waals surface area contributed by atoms with Crippen LogP contribution in [0.5, 0.6) is 0 Å². The van der Waals surface area contributed by atoms with E-state index in [0.29, 0.717) is 0 Å². The molecule has 5 aromatic carbocycles. The molecule has 0 fully saturated rings. The molecular weight excluding hydrogens is 661 g/mol. The van der Waals surface area contributed by atoms with Gasteiger partial charge in [0.2, 0.25) is 0 Å². The van der Waals surface area contributed by atoms with E-state index < -0.39 is 0 Å². The predicted octanol–water partition coefficient (Wildman–Crippen LogP) is 12.8. The molecule has 0 saturated heterocycles. The van der Waals surface area contributed by atoms with Gasteiger partial charge in [0.05, 0.1) is 17.5 Å². The third-order valence-electron chi connectivity index (χ3n) is 9.51. The molecule has 54 heavy (non-hydrogen) atoms. The van der Waals surface area contributed by atoms with Gasteiger partial charge in [0.15, 0.2) is 0 Å². The first kappa shape index (κ1) is 40.5. The van der Waals surface area contributed by atoms with Crippen molar-refractivity contribution in [2.24, 2.45) is 0 Å². The van der Waals surface area contributed by atoms with Crippen LogP contribution in [0.1, 0.15) is 56.2 Å². The molecule has 6 heteroatoms. The Hall–Kier alpha value is -6.27. The van der Waals surface area contributed by atoms with Crippen molar-refractivity contribution in [1.82, 2.24) is 28.5 Å². The zero-order chi connectivity index (χ0) is 35.5. The number of pyridine rings is 1. The lowest BCUT2D eigenvalue weighted by Gasteiger charge is -2.09. The predicted molar refractivity (Wildman–Crippen MR) is 231 cm³/mol. The van der Waals surface area contributed by atoms with Gasteiger partial charge >= 0.3 is 0 Å². The summed E-state index contributed by atoms with van der Waals surface area (Å²) in [7, 11) is 0. The Kier molecular flexibility index (Phi) is 13.1. The maximum atomic E-state index is 5.08. The van der Waals surface area contributed by atoms with E-state index in [2.05, 4.69) is 155 Å². The van der Waals surface area contributed by atoms with E-state index >= 15 is 0 Å². The van der Waals surface area contributed by atoms with E-state index in [4.69, 9.17) is 4.98 Å². The summed E-state index contributed by atoms with van der Waals surface area (Å²) in [6.07, 6.45) is 7.52. The fraction of sp³-hybridized carbons (Fsp3) is 0.188. The Bertz CT molecular complexity index is 2540. The van der Waals surface area contributed by atoms with Crippen LogP contribution < -0.4 is 0 Å². The van der Waals surface area contributed by atoms with Crippen LogP contribution in [-0.4, -0.2) is 28.5 Å². The van der Waals surface area contributed by atoms with Gasteiger partial charge in [0, 0.05) is 57.7 Å². The molecule has 276 valence electrons. The second-order valence-corrected chi connectivity index (χ2v) is 12.9. The summed E-state index contributed by atoms with van der Waals surface area (Å²) in [5, 5.41) is 3.72. The lowest BCUT2D eigenvalue weighted by atomic mass is 10.0. The minimum atomic E-state index is 0. The van der Waals surface area contributed by atoms with Gasteiger partial charge in [-0.1, -0.05) is 125 Å². The maximum Gasteiger partial charge on any atom is 0.146 e. The van der Waals surface area contributed by atoms with Crippen molar-refractivity contribution < 1.29 is 0 Å². The number of fused-ring (bicyclic) bond motifs is 6. The average molecular weight is 715 g/mol. The molecule has 4 aromatic heterocycles. The summed E-state index contributed by atoms with van der Waals surface area (Å²) in [5.74, 6) is 1.02. The van der Waals surface area contributed by atoms with Gasteiger partial charge in [0.1, 0.15) is 11.5 Å². The van der Waals surface area contributed by atoms with Gasteiger partial charge in [-0.2, -0.15) is 0 Å². The molecule has 0 radical (unpaired) electrons. The summed E-state index contributed by atoms with van der Waals surface area (Å²) in [4.78, 5) is 13.4. The molecule has 0 atom stereocenters. The van der Waals surface area contributed by atoms with Gasteiger partial charge in [-0.25, -0.2) is 15.0 Å². The van der Waals surface area contributed by atoms with Crippen molar-refractivity contribution in [1.29, 1.82) is 0 Å². The number of aromatic nitrogens is 6. The minimum Gasteiger partial charge on any atom is -0.304 e. The molecule has 6 nitrogen and oxygen atoms in total. The lowest BCUT2D eigenvalue weighted by molar-refractivity contribution is 0.964. The van der Waals surface area contributed by atoms with E-state index in [9.17, 15) is 0 Å². The van der Waals surface area contributed by atoms with Crippen LogP contribution in [0, 0.1) is 41.5 Å². The molecule has 0 spiro atoms. The molecule has 0 saturated carbocycles. The van der Waals surface area contributed by atoms with Crippen LogP contribution >= 0.6 is 0 Å². The number of hydrogen-bond acceptors (Lipinski definition) is 3. The van der Waals surface area contributed by atoms with E-state index in [1.54, 1.807) is 0 Å². The van der Waals surface area contributed by atoms with Gasteiger partial charge in [0.25, 0.3) is 0 Å². The number of hydrogen-bond donors (Lipinski definition) is 0. The Labute approximate surface area is 321 Å². The van der Waals surface area contributed by atoms with Crippen molar-refractivity contribution in [2.45, 2.75) is 63.8 Å². The normalized spacial score (nSPS) is 10.3. The van der Waals surface area contributed by atoms with E-state index in [-0.39, 0.29) is 22.3 Å². The van der Waals surface area contributed by atoms with E-state index in [0.717, 1.165) is 22.9 Å². The number of aryl methyl sites for hydroxylation is 6. The molecule has 0 aliphatic carbocycles. The Morgan fingerprint density at radius 3 is 1.63 bits per heavy atom.